The highest BCUT2D eigenvalue weighted by molar-refractivity contribution is 7.92. The minimum Gasteiger partial charge on any atom is -0.390 e. The molecule has 0 amide bonds. The van der Waals surface area contributed by atoms with Gasteiger partial charge in [0.15, 0.2) is 0 Å². The number of aliphatic hydroxyl groups is 1. The molecule has 19 heavy (non-hydrogen) atoms. The number of hydrogen-bond donors (Lipinski definition) is 2. The third-order valence-corrected chi connectivity index (χ3v) is 3.76. The molecule has 0 aliphatic heterocycles. The first-order chi connectivity index (χ1) is 9.01. The van der Waals surface area contributed by atoms with E-state index in [1.807, 2.05) is 0 Å². The van der Waals surface area contributed by atoms with Gasteiger partial charge in [-0.05, 0) is 36.4 Å². The lowest BCUT2D eigenvalue weighted by atomic mass is 10.3. The number of nitrogens with one attached hydrogen (secondary N) is 1. The van der Waals surface area contributed by atoms with Gasteiger partial charge in [0.1, 0.15) is 5.82 Å². The minimum absolute atomic E-state index is 0.0415. The molecule has 2 aromatic rings. The van der Waals surface area contributed by atoms with E-state index < -0.39 is 15.8 Å². The zero-order valence-corrected chi connectivity index (χ0v) is 10.6. The molecule has 0 saturated carbocycles. The van der Waals surface area contributed by atoms with Crippen molar-refractivity contribution in [3.63, 3.8) is 0 Å². The average Bonchev–Trinajstić information content (AvgIpc) is 2.40. The van der Waals surface area contributed by atoms with Gasteiger partial charge in [-0.3, -0.25) is 9.71 Å². The third kappa shape index (κ3) is 3.27. The molecule has 5 nitrogen and oxygen atoms in total. The Morgan fingerprint density at radius 2 is 1.84 bits per heavy atom. The third-order valence-electron chi connectivity index (χ3n) is 2.36. The molecular weight excluding hydrogens is 271 g/mol. The predicted octanol–water partition coefficient (Wildman–Crippen LogP) is 1.51. The number of sulfonamides is 1. The Morgan fingerprint density at radius 3 is 2.37 bits per heavy atom. The van der Waals surface area contributed by atoms with Gasteiger partial charge < -0.3 is 5.11 Å². The van der Waals surface area contributed by atoms with Gasteiger partial charge in [-0.2, -0.15) is 0 Å². The molecule has 0 bridgehead atoms. The van der Waals surface area contributed by atoms with Crippen LogP contribution in [-0.4, -0.2) is 18.5 Å². The largest absolute Gasteiger partial charge is 0.390 e. The summed E-state index contributed by atoms with van der Waals surface area (Å²) in [6.07, 6.45) is 1.30. The fourth-order valence-corrected chi connectivity index (χ4v) is 2.45. The normalized spacial score (nSPS) is 11.3. The summed E-state index contributed by atoms with van der Waals surface area (Å²) in [7, 11) is -3.77. The van der Waals surface area contributed by atoms with Gasteiger partial charge in [-0.25, -0.2) is 12.8 Å². The van der Waals surface area contributed by atoms with E-state index in [2.05, 4.69) is 9.71 Å². The van der Waals surface area contributed by atoms with Crippen molar-refractivity contribution in [1.82, 2.24) is 4.98 Å². The van der Waals surface area contributed by atoms with E-state index in [1.165, 1.54) is 30.5 Å². The van der Waals surface area contributed by atoms with Crippen molar-refractivity contribution < 1.29 is 17.9 Å². The molecule has 2 rings (SSSR count). The summed E-state index contributed by atoms with van der Waals surface area (Å²) in [5.74, 6) is -0.507. The maximum atomic E-state index is 12.7. The Hall–Kier alpha value is -1.99. The van der Waals surface area contributed by atoms with Crippen LogP contribution < -0.4 is 4.72 Å². The second-order valence-electron chi connectivity index (χ2n) is 3.76. The Bertz CT molecular complexity index is 654. The molecule has 0 aliphatic rings. The molecule has 0 unspecified atom stereocenters. The molecule has 0 spiro atoms. The standard InChI is InChI=1S/C12H11FN2O3S/c13-9-1-5-12(6-2-9)19(17,18)15-10-3-4-11(8-16)14-7-10/h1-7,15-16H,8H2. The second kappa shape index (κ2) is 5.33. The van der Waals surface area contributed by atoms with Crippen LogP contribution in [0.4, 0.5) is 10.1 Å². The number of rotatable bonds is 4. The maximum absolute atomic E-state index is 12.7. The lowest BCUT2D eigenvalue weighted by molar-refractivity contribution is 0.277. The SMILES string of the molecule is O=S(=O)(Nc1ccc(CO)nc1)c1ccc(F)cc1. The summed E-state index contributed by atoms with van der Waals surface area (Å²) in [5.41, 5.74) is 0.700. The molecular formula is C12H11FN2O3S. The van der Waals surface area contributed by atoms with Crippen molar-refractivity contribution in [1.29, 1.82) is 0 Å². The van der Waals surface area contributed by atoms with Gasteiger partial charge in [0.25, 0.3) is 10.0 Å². The molecule has 0 atom stereocenters. The number of anilines is 1. The van der Waals surface area contributed by atoms with Crippen molar-refractivity contribution in [3.8, 4) is 0 Å². The Balaban J connectivity index is 2.23. The van der Waals surface area contributed by atoms with Crippen LogP contribution in [-0.2, 0) is 16.6 Å². The van der Waals surface area contributed by atoms with Crippen LogP contribution >= 0.6 is 0 Å². The second-order valence-corrected chi connectivity index (χ2v) is 5.44. The van der Waals surface area contributed by atoms with Gasteiger partial charge in [-0.1, -0.05) is 0 Å². The van der Waals surface area contributed by atoms with Crippen LogP contribution in [0.1, 0.15) is 5.69 Å². The maximum Gasteiger partial charge on any atom is 0.261 e. The zero-order valence-electron chi connectivity index (χ0n) is 9.75. The van der Waals surface area contributed by atoms with Crippen molar-refractivity contribution in [3.05, 3.63) is 54.1 Å². The summed E-state index contributed by atoms with van der Waals surface area (Å²) >= 11 is 0. The summed E-state index contributed by atoms with van der Waals surface area (Å²) < 4.78 is 39.0. The topological polar surface area (TPSA) is 79.3 Å². The monoisotopic (exact) mass is 282 g/mol. The van der Waals surface area contributed by atoms with Crippen molar-refractivity contribution in [2.24, 2.45) is 0 Å². The summed E-state index contributed by atoms with van der Waals surface area (Å²) in [5, 5.41) is 8.83. The number of aromatic nitrogens is 1. The molecule has 1 aromatic heterocycles. The lowest BCUT2D eigenvalue weighted by Gasteiger charge is -2.08. The predicted molar refractivity (Wildman–Crippen MR) is 67.4 cm³/mol. The van der Waals surface area contributed by atoms with E-state index in [9.17, 15) is 12.8 Å². The van der Waals surface area contributed by atoms with Gasteiger partial charge in [-0.15, -0.1) is 0 Å². The first-order valence-corrected chi connectivity index (χ1v) is 6.84. The van der Waals surface area contributed by atoms with E-state index >= 15 is 0 Å². The molecule has 0 aliphatic carbocycles. The number of pyridine rings is 1. The fourth-order valence-electron chi connectivity index (χ4n) is 1.41. The summed E-state index contributed by atoms with van der Waals surface area (Å²) in [4.78, 5) is 3.81. The Morgan fingerprint density at radius 1 is 1.16 bits per heavy atom. The van der Waals surface area contributed by atoms with Crippen molar-refractivity contribution in [2.45, 2.75) is 11.5 Å². The highest BCUT2D eigenvalue weighted by Gasteiger charge is 2.14. The first kappa shape index (κ1) is 13.4. The van der Waals surface area contributed by atoms with Gasteiger partial charge in [0.2, 0.25) is 0 Å². The van der Waals surface area contributed by atoms with Crippen LogP contribution in [0.3, 0.4) is 0 Å². The number of benzene rings is 1. The van der Waals surface area contributed by atoms with Crippen LogP contribution in [0, 0.1) is 5.82 Å². The highest BCUT2D eigenvalue weighted by atomic mass is 32.2. The lowest BCUT2D eigenvalue weighted by Crippen LogP contribution is -2.13. The van der Waals surface area contributed by atoms with E-state index in [4.69, 9.17) is 5.11 Å². The molecule has 7 heteroatoms. The molecule has 2 N–H and O–H groups in total. The molecule has 1 heterocycles. The van der Waals surface area contributed by atoms with Gasteiger partial charge in [0.05, 0.1) is 29.1 Å². The van der Waals surface area contributed by atoms with Crippen LogP contribution in [0.15, 0.2) is 47.5 Å². The smallest absolute Gasteiger partial charge is 0.261 e. The van der Waals surface area contributed by atoms with Gasteiger partial charge >= 0.3 is 0 Å². The first-order valence-electron chi connectivity index (χ1n) is 5.35. The number of halogens is 1. The van der Waals surface area contributed by atoms with Crippen LogP contribution in [0.2, 0.25) is 0 Å². The quantitative estimate of drug-likeness (QED) is 0.891. The van der Waals surface area contributed by atoms with Gasteiger partial charge in [0, 0.05) is 0 Å². The summed E-state index contributed by atoms with van der Waals surface area (Å²) in [6, 6.07) is 7.48. The number of aliphatic hydroxyl groups excluding tert-OH is 1. The summed E-state index contributed by atoms with van der Waals surface area (Å²) in [6.45, 7) is -0.217. The molecule has 100 valence electrons. The van der Waals surface area contributed by atoms with Crippen molar-refractivity contribution in [2.75, 3.05) is 4.72 Å². The molecule has 0 saturated heterocycles. The average molecular weight is 282 g/mol. The van der Waals surface area contributed by atoms with Crippen molar-refractivity contribution >= 4 is 15.7 Å². The van der Waals surface area contributed by atoms with E-state index in [0.29, 0.717) is 5.69 Å². The fraction of sp³-hybridized carbons (Fsp3) is 0.0833. The van der Waals surface area contributed by atoms with Crippen LogP contribution in [0.5, 0.6) is 0 Å². The number of hydrogen-bond acceptors (Lipinski definition) is 4. The van der Waals surface area contributed by atoms with E-state index in [0.717, 1.165) is 12.1 Å². The highest BCUT2D eigenvalue weighted by Crippen LogP contribution is 2.15. The zero-order chi connectivity index (χ0) is 13.9. The molecule has 1 aromatic carbocycles. The van der Waals surface area contributed by atoms with E-state index in [-0.39, 0.29) is 17.2 Å². The Labute approximate surface area is 109 Å². The number of nitrogens with zero attached hydrogens (tertiary/aromatic N) is 1. The molecule has 0 radical (unpaired) electrons. The Kier molecular flexibility index (Phi) is 3.77. The van der Waals surface area contributed by atoms with E-state index in [1.54, 1.807) is 0 Å². The molecule has 0 fully saturated rings. The minimum atomic E-state index is -3.77. The van der Waals surface area contributed by atoms with Crippen LogP contribution in [0.25, 0.3) is 0 Å².